The summed E-state index contributed by atoms with van der Waals surface area (Å²) in [5.74, 6) is -0.759. The van der Waals surface area contributed by atoms with Gasteiger partial charge in [0.05, 0.1) is 11.5 Å². The average Bonchev–Trinajstić information content (AvgIpc) is 3.39. The molecule has 5 aromatic rings. The first kappa shape index (κ1) is 27.3. The van der Waals surface area contributed by atoms with Crippen molar-refractivity contribution in [1.82, 2.24) is 9.55 Å². The van der Waals surface area contributed by atoms with Crippen LogP contribution in [0.1, 0.15) is 35.3 Å². The second kappa shape index (κ2) is 11.4. The minimum Gasteiger partial charge on any atom is -0.462 e. The highest BCUT2D eigenvalue weighted by Crippen LogP contribution is 2.30. The lowest BCUT2D eigenvalue weighted by Gasteiger charge is -2.14. The van der Waals surface area contributed by atoms with Gasteiger partial charge in [0.25, 0.3) is 10.0 Å². The summed E-state index contributed by atoms with van der Waals surface area (Å²) >= 11 is 1.03. The number of nitrogens with one attached hydrogen (secondary N) is 1. The number of aryl methyl sites for hydroxylation is 1. The average molecular weight is 574 g/mol. The number of ether oxygens (including phenoxy) is 1. The van der Waals surface area contributed by atoms with Crippen LogP contribution in [0.4, 0.5) is 5.13 Å². The fourth-order valence-electron chi connectivity index (χ4n) is 4.39. The Morgan fingerprint density at radius 3 is 2.38 bits per heavy atom. The number of carbonyl (C=O) groups is 1. The van der Waals surface area contributed by atoms with Crippen LogP contribution in [0.25, 0.3) is 21.5 Å². The third kappa shape index (κ3) is 5.54. The molecule has 0 aliphatic heterocycles. The van der Waals surface area contributed by atoms with E-state index in [2.05, 4.69) is 9.71 Å². The molecule has 10 heteroatoms. The number of pyridine rings is 1. The number of rotatable bonds is 9. The van der Waals surface area contributed by atoms with Crippen LogP contribution in [-0.4, -0.2) is 30.5 Å². The minimum absolute atomic E-state index is 0.00761. The van der Waals surface area contributed by atoms with Gasteiger partial charge >= 0.3 is 5.97 Å². The summed E-state index contributed by atoms with van der Waals surface area (Å²) in [6, 6.07) is 24.3. The molecule has 5 rings (SSSR count). The first-order valence-electron chi connectivity index (χ1n) is 12.8. The Bertz CT molecular complexity index is 1840. The topological polar surface area (TPSA) is 107 Å². The molecular weight excluding hydrogens is 546 g/mol. The maximum Gasteiger partial charge on any atom is 0.343 e. The maximum absolute atomic E-state index is 13.3. The molecule has 0 unspecified atom stereocenters. The molecule has 8 nitrogen and oxygen atoms in total. The van der Waals surface area contributed by atoms with E-state index in [-0.39, 0.29) is 27.7 Å². The zero-order valence-corrected chi connectivity index (χ0v) is 23.6. The first-order valence-corrected chi connectivity index (χ1v) is 15.1. The first-order chi connectivity index (χ1) is 19.3. The maximum atomic E-state index is 13.3. The van der Waals surface area contributed by atoms with Crippen molar-refractivity contribution in [2.45, 2.75) is 31.7 Å². The van der Waals surface area contributed by atoms with E-state index in [1.54, 1.807) is 23.6 Å². The number of carbonyl (C=O) groups excluding carboxylic acids is 1. The van der Waals surface area contributed by atoms with Crippen LogP contribution in [0.3, 0.4) is 0 Å². The van der Waals surface area contributed by atoms with Crippen LogP contribution in [0.2, 0.25) is 0 Å². The van der Waals surface area contributed by atoms with Crippen LogP contribution >= 0.6 is 11.3 Å². The van der Waals surface area contributed by atoms with E-state index in [1.807, 2.05) is 61.5 Å². The third-order valence-electron chi connectivity index (χ3n) is 6.42. The molecule has 3 aromatic carbocycles. The number of nitrogens with zero attached hydrogens (tertiary/aromatic N) is 2. The van der Waals surface area contributed by atoms with Crippen molar-refractivity contribution in [3.8, 4) is 11.1 Å². The molecule has 0 aliphatic carbocycles. The second-order valence-corrected chi connectivity index (χ2v) is 11.7. The van der Waals surface area contributed by atoms with E-state index in [9.17, 15) is 18.0 Å². The molecule has 204 valence electrons. The van der Waals surface area contributed by atoms with Gasteiger partial charge in [-0.3, -0.25) is 9.52 Å². The molecule has 0 saturated heterocycles. The zero-order chi connectivity index (χ0) is 28.3. The van der Waals surface area contributed by atoms with Gasteiger partial charge in [-0.15, -0.1) is 0 Å². The number of esters is 1. The SMILES string of the molecule is CCOC(=O)c1cn(Cc2ccccc2-c2ccccc2)c2sc(NS(=O)(=O)c3ccc(CC)cc3)nc2c1=O. The smallest absolute Gasteiger partial charge is 0.343 e. The number of sulfonamides is 1. The third-order valence-corrected chi connectivity index (χ3v) is 8.91. The predicted octanol–water partition coefficient (Wildman–Crippen LogP) is 5.71. The van der Waals surface area contributed by atoms with Crippen molar-refractivity contribution in [3.05, 3.63) is 112 Å². The number of thiazole rings is 1. The monoisotopic (exact) mass is 573 g/mol. The molecule has 0 fully saturated rings. The van der Waals surface area contributed by atoms with E-state index >= 15 is 0 Å². The Morgan fingerprint density at radius 1 is 0.975 bits per heavy atom. The molecule has 0 aliphatic rings. The summed E-state index contributed by atoms with van der Waals surface area (Å²) in [4.78, 5) is 30.9. The Kier molecular flexibility index (Phi) is 7.81. The molecule has 0 spiro atoms. The molecule has 0 atom stereocenters. The molecule has 0 saturated carbocycles. The molecule has 0 bridgehead atoms. The molecule has 1 N–H and O–H groups in total. The van der Waals surface area contributed by atoms with Crippen molar-refractivity contribution in [2.75, 3.05) is 11.3 Å². The Hall–Kier alpha value is -4.28. The fraction of sp³-hybridized carbons (Fsp3) is 0.167. The number of aromatic nitrogens is 2. The van der Waals surface area contributed by atoms with Gasteiger partial charge in [-0.2, -0.15) is 0 Å². The number of hydrogen-bond acceptors (Lipinski definition) is 7. The summed E-state index contributed by atoms with van der Waals surface area (Å²) in [6.45, 7) is 4.06. The van der Waals surface area contributed by atoms with Crippen molar-refractivity contribution in [3.63, 3.8) is 0 Å². The lowest BCUT2D eigenvalue weighted by atomic mass is 9.99. The van der Waals surface area contributed by atoms with Gasteiger partial charge in [0, 0.05) is 12.7 Å². The highest BCUT2D eigenvalue weighted by molar-refractivity contribution is 7.93. The fourth-order valence-corrected chi connectivity index (χ4v) is 6.56. The van der Waals surface area contributed by atoms with Crippen LogP contribution in [0, 0.1) is 0 Å². The van der Waals surface area contributed by atoms with Gasteiger partial charge in [0.15, 0.2) is 5.13 Å². The van der Waals surface area contributed by atoms with Gasteiger partial charge in [-0.05, 0) is 47.7 Å². The van der Waals surface area contributed by atoms with Gasteiger partial charge in [0.1, 0.15) is 15.9 Å². The summed E-state index contributed by atoms with van der Waals surface area (Å²) in [5.41, 5.74) is 3.18. The van der Waals surface area contributed by atoms with E-state index in [4.69, 9.17) is 4.74 Å². The summed E-state index contributed by atoms with van der Waals surface area (Å²) in [7, 11) is -3.95. The number of hydrogen-bond donors (Lipinski definition) is 1. The normalized spacial score (nSPS) is 11.4. The Labute approximate surface area is 236 Å². The van der Waals surface area contributed by atoms with Gasteiger partial charge in [0.2, 0.25) is 5.43 Å². The van der Waals surface area contributed by atoms with Gasteiger partial charge in [-0.25, -0.2) is 18.2 Å². The van der Waals surface area contributed by atoms with E-state index < -0.39 is 21.4 Å². The van der Waals surface area contributed by atoms with Crippen LogP contribution in [0.15, 0.2) is 94.7 Å². The summed E-state index contributed by atoms with van der Waals surface area (Å²) in [5, 5.41) is 0.0257. The lowest BCUT2D eigenvalue weighted by molar-refractivity contribution is 0.0524. The van der Waals surface area contributed by atoms with Crippen molar-refractivity contribution in [1.29, 1.82) is 0 Å². The van der Waals surface area contributed by atoms with E-state index in [1.165, 1.54) is 18.3 Å². The Morgan fingerprint density at radius 2 is 1.68 bits per heavy atom. The highest BCUT2D eigenvalue weighted by atomic mass is 32.2. The van der Waals surface area contributed by atoms with E-state index in [0.717, 1.165) is 40.0 Å². The van der Waals surface area contributed by atoms with Crippen molar-refractivity contribution < 1.29 is 17.9 Å². The standard InChI is InChI=1S/C30H27N3O5S2/c1-3-20-14-16-23(17-15-20)40(36,37)32-30-31-26-27(34)25(29(35)38-4-2)19-33(28(26)39-30)18-22-12-8-9-13-24(22)21-10-6-5-7-11-21/h5-17,19H,3-4,18H2,1-2H3,(H,31,32). The Balaban J connectivity index is 1.60. The van der Waals surface area contributed by atoms with Crippen LogP contribution in [0.5, 0.6) is 0 Å². The largest absolute Gasteiger partial charge is 0.462 e. The van der Waals surface area contributed by atoms with Crippen molar-refractivity contribution >= 4 is 42.8 Å². The number of benzene rings is 3. The number of anilines is 1. The molecular formula is C30H27N3O5S2. The molecule has 2 aromatic heterocycles. The highest BCUT2D eigenvalue weighted by Gasteiger charge is 2.23. The predicted molar refractivity (Wildman–Crippen MR) is 157 cm³/mol. The quantitative estimate of drug-likeness (QED) is 0.226. The van der Waals surface area contributed by atoms with Crippen LogP contribution in [-0.2, 0) is 27.7 Å². The molecule has 0 amide bonds. The molecule has 2 heterocycles. The van der Waals surface area contributed by atoms with Crippen LogP contribution < -0.4 is 10.2 Å². The number of fused-ring (bicyclic) bond motifs is 1. The molecule has 0 radical (unpaired) electrons. The lowest BCUT2D eigenvalue weighted by Crippen LogP contribution is -2.21. The second-order valence-electron chi connectivity index (χ2n) is 9.02. The zero-order valence-electron chi connectivity index (χ0n) is 22.0. The summed E-state index contributed by atoms with van der Waals surface area (Å²) in [6.07, 6.45) is 2.25. The minimum atomic E-state index is -3.95. The van der Waals surface area contributed by atoms with Gasteiger partial charge in [-0.1, -0.05) is 85.0 Å². The van der Waals surface area contributed by atoms with Gasteiger partial charge < -0.3 is 9.30 Å². The van der Waals surface area contributed by atoms with E-state index in [0.29, 0.717) is 11.4 Å². The summed E-state index contributed by atoms with van der Waals surface area (Å²) < 4.78 is 35.6. The molecule has 40 heavy (non-hydrogen) atoms. The van der Waals surface area contributed by atoms with Crippen molar-refractivity contribution in [2.24, 2.45) is 0 Å².